The monoisotopic (exact) mass is 283 g/mol. The maximum atomic E-state index is 11.2. The zero-order valence-electron chi connectivity index (χ0n) is 10.2. The number of sulfonamides is 1. The molecule has 3 N–H and O–H groups in total. The van der Waals surface area contributed by atoms with Gasteiger partial charge in [-0.15, -0.1) is 12.4 Å². The van der Waals surface area contributed by atoms with E-state index in [4.69, 9.17) is 5.14 Å². The maximum absolute atomic E-state index is 11.2. The molecule has 0 aliphatic carbocycles. The van der Waals surface area contributed by atoms with Crippen molar-refractivity contribution in [1.29, 1.82) is 0 Å². The maximum Gasteiger partial charge on any atom is 0.213 e. The van der Waals surface area contributed by atoms with E-state index in [1.165, 1.54) is 6.42 Å². The molecule has 102 valence electrons. The van der Waals surface area contributed by atoms with Crippen LogP contribution in [0.1, 0.15) is 19.8 Å². The number of hydrogen-bond acceptors (Lipinski definition) is 4. The number of rotatable bonds is 3. The Hall–Kier alpha value is 0.120. The highest BCUT2D eigenvalue weighted by atomic mass is 35.5. The summed E-state index contributed by atoms with van der Waals surface area (Å²) in [5, 5.41) is 8.18. The highest BCUT2D eigenvalue weighted by Crippen LogP contribution is 2.28. The Bertz CT molecular complexity index is 355. The van der Waals surface area contributed by atoms with Crippen molar-refractivity contribution >= 4 is 22.4 Å². The van der Waals surface area contributed by atoms with E-state index >= 15 is 0 Å². The molecule has 2 heterocycles. The predicted molar refractivity (Wildman–Crippen MR) is 70.8 cm³/mol. The molecule has 2 fully saturated rings. The third kappa shape index (κ3) is 3.79. The summed E-state index contributed by atoms with van der Waals surface area (Å²) in [6.45, 7) is 6.81. The minimum absolute atomic E-state index is 0. The van der Waals surface area contributed by atoms with Crippen LogP contribution in [-0.4, -0.2) is 51.3 Å². The van der Waals surface area contributed by atoms with Gasteiger partial charge >= 0.3 is 0 Å². The van der Waals surface area contributed by atoms with E-state index < -0.39 is 10.0 Å². The second kappa shape index (κ2) is 5.40. The summed E-state index contributed by atoms with van der Waals surface area (Å²) in [6, 6.07) is 0. The van der Waals surface area contributed by atoms with Crippen LogP contribution >= 0.6 is 12.4 Å². The van der Waals surface area contributed by atoms with Gasteiger partial charge in [0.1, 0.15) is 0 Å². The van der Waals surface area contributed by atoms with Crippen LogP contribution in [0.3, 0.4) is 0 Å². The van der Waals surface area contributed by atoms with Gasteiger partial charge in [0.2, 0.25) is 10.0 Å². The quantitative estimate of drug-likeness (QED) is 0.750. The molecule has 0 aromatic carbocycles. The minimum atomic E-state index is -3.35. The van der Waals surface area contributed by atoms with Crippen LogP contribution < -0.4 is 10.5 Å². The van der Waals surface area contributed by atoms with Gasteiger partial charge in [-0.3, -0.25) is 0 Å². The fourth-order valence-corrected chi connectivity index (χ4v) is 3.60. The van der Waals surface area contributed by atoms with E-state index in [2.05, 4.69) is 17.1 Å². The molecule has 0 spiro atoms. The van der Waals surface area contributed by atoms with Crippen LogP contribution in [0.15, 0.2) is 0 Å². The molecule has 0 saturated carbocycles. The average Bonchev–Trinajstić information content (AvgIpc) is 2.74. The minimum Gasteiger partial charge on any atom is -0.316 e. The van der Waals surface area contributed by atoms with Gasteiger partial charge in [-0.25, -0.2) is 13.6 Å². The predicted octanol–water partition coefficient (Wildman–Crippen LogP) is -0.229. The van der Waals surface area contributed by atoms with Crippen molar-refractivity contribution in [2.45, 2.75) is 25.0 Å². The van der Waals surface area contributed by atoms with Crippen LogP contribution in [-0.2, 0) is 10.0 Å². The zero-order valence-corrected chi connectivity index (χ0v) is 11.8. The van der Waals surface area contributed by atoms with Gasteiger partial charge in [-0.1, -0.05) is 6.92 Å². The van der Waals surface area contributed by atoms with Crippen molar-refractivity contribution in [3.05, 3.63) is 0 Å². The lowest BCUT2D eigenvalue weighted by Crippen LogP contribution is -2.38. The molecule has 5 nitrogen and oxygen atoms in total. The van der Waals surface area contributed by atoms with Crippen molar-refractivity contribution in [2.24, 2.45) is 10.6 Å². The summed E-state index contributed by atoms with van der Waals surface area (Å²) in [5.41, 5.74) is 0.299. The number of halogens is 1. The SMILES string of the molecule is CC1(CN2CCC(S(N)(=O)=O)C2)CCNC1.Cl. The summed E-state index contributed by atoms with van der Waals surface area (Å²) < 4.78 is 22.5. The van der Waals surface area contributed by atoms with E-state index in [0.717, 1.165) is 26.2 Å². The molecular weight excluding hydrogens is 262 g/mol. The van der Waals surface area contributed by atoms with Crippen LogP contribution in [0.25, 0.3) is 0 Å². The smallest absolute Gasteiger partial charge is 0.213 e. The Balaban J connectivity index is 0.00000144. The highest BCUT2D eigenvalue weighted by molar-refractivity contribution is 7.89. The average molecular weight is 284 g/mol. The molecule has 7 heteroatoms. The van der Waals surface area contributed by atoms with Crippen molar-refractivity contribution in [2.75, 3.05) is 32.7 Å². The molecule has 0 radical (unpaired) electrons. The molecule has 2 unspecified atom stereocenters. The molecule has 0 amide bonds. The molecule has 2 rings (SSSR count). The van der Waals surface area contributed by atoms with Gasteiger partial charge in [-0.05, 0) is 31.3 Å². The molecule has 0 bridgehead atoms. The van der Waals surface area contributed by atoms with E-state index in [0.29, 0.717) is 18.4 Å². The lowest BCUT2D eigenvalue weighted by molar-refractivity contribution is 0.209. The van der Waals surface area contributed by atoms with E-state index in [9.17, 15) is 8.42 Å². The van der Waals surface area contributed by atoms with Gasteiger partial charge in [-0.2, -0.15) is 0 Å². The number of likely N-dealkylation sites (tertiary alicyclic amines) is 1. The largest absolute Gasteiger partial charge is 0.316 e. The molecule has 2 atom stereocenters. The topological polar surface area (TPSA) is 75.4 Å². The Kier molecular flexibility index (Phi) is 4.82. The first-order chi connectivity index (χ1) is 7.39. The van der Waals surface area contributed by atoms with Crippen molar-refractivity contribution < 1.29 is 8.42 Å². The second-order valence-electron chi connectivity index (χ2n) is 5.47. The molecule has 0 aromatic heterocycles. The number of hydrogen-bond donors (Lipinski definition) is 2. The second-order valence-corrected chi connectivity index (χ2v) is 7.32. The van der Waals surface area contributed by atoms with Crippen LogP contribution in [0.2, 0.25) is 0 Å². The summed E-state index contributed by atoms with van der Waals surface area (Å²) in [7, 11) is -3.35. The number of primary sulfonamides is 1. The highest BCUT2D eigenvalue weighted by Gasteiger charge is 2.36. The van der Waals surface area contributed by atoms with Gasteiger partial charge < -0.3 is 10.2 Å². The summed E-state index contributed by atoms with van der Waals surface area (Å²) in [4.78, 5) is 2.24. The molecule has 2 saturated heterocycles. The normalized spacial score (nSPS) is 34.8. The van der Waals surface area contributed by atoms with Crippen molar-refractivity contribution in [3.8, 4) is 0 Å². The van der Waals surface area contributed by atoms with E-state index in [1.807, 2.05) is 0 Å². The molecule has 17 heavy (non-hydrogen) atoms. The van der Waals surface area contributed by atoms with Crippen LogP contribution in [0.5, 0.6) is 0 Å². The first-order valence-electron chi connectivity index (χ1n) is 5.84. The fraction of sp³-hybridized carbons (Fsp3) is 1.00. The van der Waals surface area contributed by atoms with Crippen molar-refractivity contribution in [1.82, 2.24) is 10.2 Å². The zero-order chi connectivity index (χ0) is 11.8. The molecular formula is C10H22ClN3O2S. The van der Waals surface area contributed by atoms with Gasteiger partial charge in [0, 0.05) is 19.6 Å². The van der Waals surface area contributed by atoms with Crippen LogP contribution in [0, 0.1) is 5.41 Å². The Morgan fingerprint density at radius 2 is 2.24 bits per heavy atom. The number of nitrogens with one attached hydrogen (secondary N) is 1. The Labute approximate surface area is 110 Å². The van der Waals surface area contributed by atoms with E-state index in [1.54, 1.807) is 0 Å². The first kappa shape index (κ1) is 15.2. The Morgan fingerprint density at radius 1 is 1.53 bits per heavy atom. The summed E-state index contributed by atoms with van der Waals surface area (Å²) >= 11 is 0. The standard InChI is InChI=1S/C10H21N3O2S.ClH/c1-10(3-4-12-7-10)8-13-5-2-9(6-13)16(11,14)15;/h9,12H,2-8H2,1H3,(H2,11,14,15);1H. The summed E-state index contributed by atoms with van der Waals surface area (Å²) in [5.74, 6) is 0. The lowest BCUT2D eigenvalue weighted by atomic mass is 9.89. The van der Waals surface area contributed by atoms with Crippen molar-refractivity contribution in [3.63, 3.8) is 0 Å². The van der Waals surface area contributed by atoms with Gasteiger partial charge in [0.15, 0.2) is 0 Å². The van der Waals surface area contributed by atoms with Gasteiger partial charge in [0.25, 0.3) is 0 Å². The third-order valence-electron chi connectivity index (χ3n) is 3.76. The lowest BCUT2D eigenvalue weighted by Gasteiger charge is -2.28. The first-order valence-corrected chi connectivity index (χ1v) is 7.45. The number of nitrogens with two attached hydrogens (primary N) is 1. The third-order valence-corrected chi connectivity index (χ3v) is 5.07. The molecule has 0 aromatic rings. The Morgan fingerprint density at radius 3 is 2.71 bits per heavy atom. The number of nitrogens with zero attached hydrogens (tertiary/aromatic N) is 1. The fourth-order valence-electron chi connectivity index (χ4n) is 2.75. The van der Waals surface area contributed by atoms with Gasteiger partial charge in [0.05, 0.1) is 5.25 Å². The summed E-state index contributed by atoms with van der Waals surface area (Å²) in [6.07, 6.45) is 1.85. The van der Waals surface area contributed by atoms with Crippen LogP contribution in [0.4, 0.5) is 0 Å². The van der Waals surface area contributed by atoms with E-state index in [-0.39, 0.29) is 17.7 Å². The molecule has 2 aliphatic heterocycles. The molecule has 2 aliphatic rings.